The molecule has 7 nitrogen and oxygen atoms in total. The number of benzene rings is 1. The van der Waals surface area contributed by atoms with E-state index in [9.17, 15) is 4.79 Å². The summed E-state index contributed by atoms with van der Waals surface area (Å²) in [6, 6.07) is 9.09. The van der Waals surface area contributed by atoms with Crippen LogP contribution in [-0.4, -0.2) is 57.4 Å². The molecule has 0 atom stereocenters. The second-order valence-electron chi connectivity index (χ2n) is 7.29. The number of methoxy groups -OCH3 is 2. The van der Waals surface area contributed by atoms with Gasteiger partial charge in [-0.05, 0) is 43.2 Å². The molecule has 0 bridgehead atoms. The smallest absolute Gasteiger partial charge is 0.251 e. The molecule has 1 N–H and O–H groups in total. The molecule has 0 radical (unpaired) electrons. The van der Waals surface area contributed by atoms with E-state index in [4.69, 9.17) is 30.2 Å². The van der Waals surface area contributed by atoms with E-state index in [-0.39, 0.29) is 12.0 Å². The van der Waals surface area contributed by atoms with Crippen LogP contribution in [0.1, 0.15) is 34.7 Å². The molecular weight excluding hydrogens is 408 g/mol. The van der Waals surface area contributed by atoms with Crippen molar-refractivity contribution in [2.75, 3.05) is 40.5 Å². The van der Waals surface area contributed by atoms with E-state index >= 15 is 0 Å². The van der Waals surface area contributed by atoms with Gasteiger partial charge in [0.2, 0.25) is 0 Å². The van der Waals surface area contributed by atoms with Crippen molar-refractivity contribution in [1.29, 1.82) is 0 Å². The fourth-order valence-corrected chi connectivity index (χ4v) is 3.64. The monoisotopic (exact) mass is 436 g/mol. The molecule has 2 aromatic rings. The number of amides is 1. The van der Waals surface area contributed by atoms with Gasteiger partial charge in [-0.1, -0.05) is 11.6 Å². The summed E-state index contributed by atoms with van der Waals surface area (Å²) in [5.41, 5.74) is 0.504. The lowest BCUT2D eigenvalue weighted by Gasteiger charge is -2.31. The third-order valence-electron chi connectivity index (χ3n) is 5.00. The first kappa shape index (κ1) is 22.6. The van der Waals surface area contributed by atoms with Crippen LogP contribution in [0.25, 0.3) is 0 Å². The number of carbonyl (C=O) groups is 1. The Bertz CT molecular complexity index is 818. The lowest BCUT2D eigenvalue weighted by atomic mass is 10.1. The fraction of sp³-hybridized carbons (Fsp3) is 0.500. The highest BCUT2D eigenvalue weighted by molar-refractivity contribution is 6.32. The molecule has 0 unspecified atom stereocenters. The summed E-state index contributed by atoms with van der Waals surface area (Å²) in [5, 5.41) is 3.22. The lowest BCUT2D eigenvalue weighted by molar-refractivity contribution is 0.0914. The fourth-order valence-electron chi connectivity index (χ4n) is 3.42. The molecule has 164 valence electrons. The van der Waals surface area contributed by atoms with Crippen LogP contribution >= 0.6 is 11.6 Å². The van der Waals surface area contributed by atoms with Gasteiger partial charge in [0.05, 0.1) is 18.2 Å². The van der Waals surface area contributed by atoms with E-state index in [1.165, 1.54) is 0 Å². The summed E-state index contributed by atoms with van der Waals surface area (Å²) in [5.74, 6) is 2.22. The molecule has 0 aliphatic carbocycles. The Kier molecular flexibility index (Phi) is 8.57. The predicted octanol–water partition coefficient (Wildman–Crippen LogP) is 3.50. The van der Waals surface area contributed by atoms with Crippen LogP contribution in [0.3, 0.4) is 0 Å². The van der Waals surface area contributed by atoms with E-state index in [1.807, 2.05) is 12.1 Å². The van der Waals surface area contributed by atoms with Gasteiger partial charge in [0.15, 0.2) is 0 Å². The number of rotatable bonds is 10. The quantitative estimate of drug-likeness (QED) is 0.575. The number of ether oxygens (including phenoxy) is 3. The molecule has 0 saturated carbocycles. The highest BCUT2D eigenvalue weighted by atomic mass is 35.5. The van der Waals surface area contributed by atoms with Crippen LogP contribution in [0.5, 0.6) is 5.75 Å². The molecule has 2 heterocycles. The second kappa shape index (κ2) is 11.4. The molecular formula is C22H29ClN2O5. The first-order valence-electron chi connectivity index (χ1n) is 10.1. The van der Waals surface area contributed by atoms with Gasteiger partial charge >= 0.3 is 0 Å². The predicted molar refractivity (Wildman–Crippen MR) is 114 cm³/mol. The van der Waals surface area contributed by atoms with Crippen LogP contribution in [0.15, 0.2) is 34.7 Å². The zero-order valence-electron chi connectivity index (χ0n) is 17.5. The number of carbonyl (C=O) groups excluding carboxylic acids is 1. The van der Waals surface area contributed by atoms with Crippen molar-refractivity contribution in [1.82, 2.24) is 10.2 Å². The third-order valence-corrected chi connectivity index (χ3v) is 5.29. The molecule has 8 heteroatoms. The topological polar surface area (TPSA) is 73.2 Å². The van der Waals surface area contributed by atoms with Crippen molar-refractivity contribution < 1.29 is 23.4 Å². The molecule has 0 spiro atoms. The molecule has 3 rings (SSSR count). The van der Waals surface area contributed by atoms with Crippen molar-refractivity contribution in [2.24, 2.45) is 0 Å². The van der Waals surface area contributed by atoms with Crippen LogP contribution in [0.4, 0.5) is 0 Å². The lowest BCUT2D eigenvalue weighted by Crippen LogP contribution is -2.37. The van der Waals surface area contributed by atoms with Crippen molar-refractivity contribution >= 4 is 17.5 Å². The first-order chi connectivity index (χ1) is 14.6. The van der Waals surface area contributed by atoms with E-state index in [0.29, 0.717) is 36.1 Å². The minimum Gasteiger partial charge on any atom is -0.489 e. The zero-order chi connectivity index (χ0) is 21.3. The number of halogens is 1. The Balaban J connectivity index is 1.46. The van der Waals surface area contributed by atoms with E-state index in [1.54, 1.807) is 32.4 Å². The Morgan fingerprint density at radius 1 is 1.17 bits per heavy atom. The number of hydrogen-bond acceptors (Lipinski definition) is 6. The van der Waals surface area contributed by atoms with E-state index in [0.717, 1.165) is 44.0 Å². The molecule has 1 fully saturated rings. The van der Waals surface area contributed by atoms with Crippen molar-refractivity contribution in [3.05, 3.63) is 52.4 Å². The Labute approximate surface area is 182 Å². The maximum absolute atomic E-state index is 12.1. The molecule has 30 heavy (non-hydrogen) atoms. The summed E-state index contributed by atoms with van der Waals surface area (Å²) < 4.78 is 21.9. The number of hydrogen-bond donors (Lipinski definition) is 1. The summed E-state index contributed by atoms with van der Waals surface area (Å²) in [6.07, 6.45) is 1.91. The summed E-state index contributed by atoms with van der Waals surface area (Å²) in [6.45, 7) is 4.03. The van der Waals surface area contributed by atoms with Gasteiger partial charge in [0.1, 0.15) is 30.0 Å². The number of nitrogens with zero attached hydrogens (tertiary/aromatic N) is 1. The van der Waals surface area contributed by atoms with Crippen molar-refractivity contribution in [3.63, 3.8) is 0 Å². The number of nitrogens with one attached hydrogen (secondary N) is 1. The highest BCUT2D eigenvalue weighted by Gasteiger charge is 2.22. The van der Waals surface area contributed by atoms with Gasteiger partial charge in [-0.2, -0.15) is 0 Å². The molecule has 1 amide bonds. The minimum absolute atomic E-state index is 0.0979. The summed E-state index contributed by atoms with van der Waals surface area (Å²) in [7, 11) is 3.25. The number of piperidine rings is 1. The van der Waals surface area contributed by atoms with Crippen molar-refractivity contribution in [3.8, 4) is 5.75 Å². The zero-order valence-corrected chi connectivity index (χ0v) is 18.2. The number of furan rings is 1. The van der Waals surface area contributed by atoms with E-state index in [2.05, 4.69) is 10.2 Å². The average Bonchev–Trinajstić information content (AvgIpc) is 3.18. The Hall–Kier alpha value is -2.06. The van der Waals surface area contributed by atoms with Crippen LogP contribution < -0.4 is 10.1 Å². The molecule has 1 aromatic carbocycles. The van der Waals surface area contributed by atoms with Crippen LogP contribution in [-0.2, 0) is 22.6 Å². The molecule has 1 aromatic heterocycles. The van der Waals surface area contributed by atoms with Gasteiger partial charge in [-0.15, -0.1) is 0 Å². The van der Waals surface area contributed by atoms with Gasteiger partial charge < -0.3 is 23.9 Å². The Morgan fingerprint density at radius 3 is 2.63 bits per heavy atom. The second-order valence-corrected chi connectivity index (χ2v) is 7.70. The van der Waals surface area contributed by atoms with Crippen LogP contribution in [0.2, 0.25) is 5.02 Å². The van der Waals surface area contributed by atoms with Gasteiger partial charge in [0.25, 0.3) is 5.91 Å². The maximum Gasteiger partial charge on any atom is 0.251 e. The maximum atomic E-state index is 12.1. The first-order valence-corrected chi connectivity index (χ1v) is 10.5. The third kappa shape index (κ3) is 6.47. The van der Waals surface area contributed by atoms with Gasteiger partial charge in [0, 0.05) is 39.4 Å². The highest BCUT2D eigenvalue weighted by Crippen LogP contribution is 2.29. The molecule has 1 aliphatic rings. The van der Waals surface area contributed by atoms with Gasteiger partial charge in [-0.25, -0.2) is 0 Å². The van der Waals surface area contributed by atoms with Gasteiger partial charge in [-0.3, -0.25) is 9.69 Å². The van der Waals surface area contributed by atoms with Crippen LogP contribution in [0, 0.1) is 0 Å². The SMILES string of the molecule is COCCNC(=O)c1ccc(OC2CCN(Cc3ccc(COC)o3)CC2)c(Cl)c1. The Morgan fingerprint density at radius 2 is 1.93 bits per heavy atom. The molecule has 1 saturated heterocycles. The minimum atomic E-state index is -0.180. The summed E-state index contributed by atoms with van der Waals surface area (Å²) in [4.78, 5) is 14.5. The summed E-state index contributed by atoms with van der Waals surface area (Å²) >= 11 is 6.36. The average molecular weight is 437 g/mol. The normalized spacial score (nSPS) is 15.3. The number of likely N-dealkylation sites (tertiary alicyclic amines) is 1. The molecule has 1 aliphatic heterocycles. The van der Waals surface area contributed by atoms with E-state index < -0.39 is 0 Å². The van der Waals surface area contributed by atoms with Crippen molar-refractivity contribution in [2.45, 2.75) is 32.1 Å². The standard InChI is InChI=1S/C22H29ClN2O5/c1-27-12-9-24-22(26)16-3-6-21(20(23)13-16)30-17-7-10-25(11-8-17)14-18-4-5-19(29-18)15-28-2/h3-6,13,17H,7-12,14-15H2,1-2H3,(H,24,26). The largest absolute Gasteiger partial charge is 0.489 e.